The molecule has 6 nitrogen and oxygen atoms in total. The van der Waals surface area contributed by atoms with Gasteiger partial charge in [0.2, 0.25) is 5.88 Å². The van der Waals surface area contributed by atoms with Crippen LogP contribution >= 0.6 is 15.9 Å². The summed E-state index contributed by atoms with van der Waals surface area (Å²) in [6.45, 7) is 3.05. The number of halogens is 1. The summed E-state index contributed by atoms with van der Waals surface area (Å²) in [4.78, 5) is 18.8. The molecule has 0 atom stereocenters. The van der Waals surface area contributed by atoms with Crippen LogP contribution in [0.1, 0.15) is 43.7 Å². The number of rotatable bonds is 9. The Morgan fingerprint density at radius 1 is 1.10 bits per heavy atom. The first-order valence-corrected chi connectivity index (χ1v) is 10.8. The molecule has 0 spiro atoms. The summed E-state index contributed by atoms with van der Waals surface area (Å²) in [5, 5.41) is 21.4. The molecule has 2 aromatic carbocycles. The average Bonchev–Trinajstić information content (AvgIpc) is 2.71. The third-order valence-electron chi connectivity index (χ3n) is 4.78. The third kappa shape index (κ3) is 5.42. The van der Waals surface area contributed by atoms with Gasteiger partial charge in [0, 0.05) is 21.5 Å². The van der Waals surface area contributed by atoms with Crippen LogP contribution in [0, 0.1) is 0 Å². The molecule has 3 aromatic rings. The van der Waals surface area contributed by atoms with E-state index in [9.17, 15) is 15.0 Å². The minimum Gasteiger partial charge on any atom is -0.504 e. The van der Waals surface area contributed by atoms with Gasteiger partial charge in [0.15, 0.2) is 11.5 Å². The average molecular weight is 473 g/mol. The second-order valence-corrected chi connectivity index (χ2v) is 8.00. The zero-order valence-electron chi connectivity index (χ0n) is 16.8. The van der Waals surface area contributed by atoms with E-state index in [1.165, 1.54) is 19.1 Å². The molecule has 0 saturated heterocycles. The number of aromatic nitrogens is 1. The lowest BCUT2D eigenvalue weighted by atomic mass is 10.1. The molecule has 1 heterocycles. The molecule has 0 aliphatic carbocycles. The number of H-pyrrole nitrogens is 1. The zero-order valence-corrected chi connectivity index (χ0v) is 18.4. The number of hydrogen-bond acceptors (Lipinski definition) is 5. The SMILES string of the molecule is CCCCCCOc1ccc(CN=Cc2c(O)[nH]c(=O)c3ccc(Br)cc23)cc1O. The van der Waals surface area contributed by atoms with E-state index in [4.69, 9.17) is 4.74 Å². The minimum atomic E-state index is -0.359. The summed E-state index contributed by atoms with van der Waals surface area (Å²) in [6.07, 6.45) is 5.96. The first-order valence-electron chi connectivity index (χ1n) is 9.98. The van der Waals surface area contributed by atoms with Gasteiger partial charge in [0.05, 0.1) is 18.7 Å². The van der Waals surface area contributed by atoms with Gasteiger partial charge in [0.1, 0.15) is 0 Å². The molecule has 158 valence electrons. The highest BCUT2D eigenvalue weighted by Crippen LogP contribution is 2.28. The Morgan fingerprint density at radius 2 is 1.93 bits per heavy atom. The van der Waals surface area contributed by atoms with Gasteiger partial charge in [0.25, 0.3) is 5.56 Å². The van der Waals surface area contributed by atoms with Crippen LogP contribution < -0.4 is 10.3 Å². The van der Waals surface area contributed by atoms with E-state index in [0.717, 1.165) is 22.9 Å². The molecule has 0 bridgehead atoms. The molecule has 0 unspecified atom stereocenters. The summed E-state index contributed by atoms with van der Waals surface area (Å²) in [5.41, 5.74) is 0.876. The van der Waals surface area contributed by atoms with E-state index in [-0.39, 0.29) is 17.2 Å². The fraction of sp³-hybridized carbons (Fsp3) is 0.304. The summed E-state index contributed by atoms with van der Waals surface area (Å²) in [5.74, 6) is 0.317. The summed E-state index contributed by atoms with van der Waals surface area (Å²) in [6, 6.07) is 10.4. The lowest BCUT2D eigenvalue weighted by Crippen LogP contribution is -2.08. The lowest BCUT2D eigenvalue weighted by Gasteiger charge is -2.09. The maximum Gasteiger partial charge on any atom is 0.258 e. The van der Waals surface area contributed by atoms with Crippen molar-refractivity contribution in [2.24, 2.45) is 4.99 Å². The number of benzene rings is 2. The van der Waals surface area contributed by atoms with Crippen LogP contribution in [0.15, 0.2) is 50.7 Å². The molecule has 0 fully saturated rings. The predicted molar refractivity (Wildman–Crippen MR) is 123 cm³/mol. The zero-order chi connectivity index (χ0) is 21.5. The van der Waals surface area contributed by atoms with Crippen LogP contribution in [0.5, 0.6) is 17.4 Å². The largest absolute Gasteiger partial charge is 0.504 e. The first kappa shape index (κ1) is 21.9. The van der Waals surface area contributed by atoms with Gasteiger partial charge in [-0.25, -0.2) is 0 Å². The number of aromatic hydroxyl groups is 2. The van der Waals surface area contributed by atoms with Crippen molar-refractivity contribution in [1.82, 2.24) is 4.98 Å². The second-order valence-electron chi connectivity index (χ2n) is 7.09. The molecule has 0 amide bonds. The number of fused-ring (bicyclic) bond motifs is 1. The Labute approximate surface area is 183 Å². The van der Waals surface area contributed by atoms with Gasteiger partial charge in [-0.1, -0.05) is 48.2 Å². The fourth-order valence-electron chi connectivity index (χ4n) is 3.17. The second kappa shape index (κ2) is 10.3. The maximum atomic E-state index is 12.0. The van der Waals surface area contributed by atoms with Gasteiger partial charge in [-0.05, 0) is 42.3 Å². The molecule has 1 aromatic heterocycles. The van der Waals surface area contributed by atoms with E-state index in [1.54, 1.807) is 30.3 Å². The van der Waals surface area contributed by atoms with Crippen molar-refractivity contribution in [3.8, 4) is 17.4 Å². The number of aromatic amines is 1. The quantitative estimate of drug-likeness (QED) is 0.291. The summed E-state index contributed by atoms with van der Waals surface area (Å²) >= 11 is 3.39. The van der Waals surface area contributed by atoms with Crippen LogP contribution in [0.2, 0.25) is 0 Å². The molecule has 0 aliphatic rings. The van der Waals surface area contributed by atoms with E-state index in [1.807, 2.05) is 6.07 Å². The number of hydrogen-bond donors (Lipinski definition) is 3. The monoisotopic (exact) mass is 472 g/mol. The topological polar surface area (TPSA) is 94.9 Å². The molecule has 3 N–H and O–H groups in total. The molecule has 7 heteroatoms. The van der Waals surface area contributed by atoms with Gasteiger partial charge in [-0.15, -0.1) is 0 Å². The van der Waals surface area contributed by atoms with E-state index >= 15 is 0 Å². The Balaban J connectivity index is 1.71. The number of aliphatic imine (C=N–C) groups is 1. The summed E-state index contributed by atoms with van der Waals surface area (Å²) in [7, 11) is 0. The number of phenolic OH excluding ortho intramolecular Hbond substituents is 1. The van der Waals surface area contributed by atoms with Gasteiger partial charge >= 0.3 is 0 Å². The minimum absolute atomic E-state index is 0.0828. The van der Waals surface area contributed by atoms with Crippen molar-refractivity contribution in [3.05, 3.63) is 62.4 Å². The van der Waals surface area contributed by atoms with E-state index in [0.29, 0.717) is 35.2 Å². The van der Waals surface area contributed by atoms with Crippen molar-refractivity contribution in [2.75, 3.05) is 6.61 Å². The molecule has 0 aliphatic heterocycles. The van der Waals surface area contributed by atoms with Crippen LogP contribution in [-0.2, 0) is 6.54 Å². The van der Waals surface area contributed by atoms with E-state index < -0.39 is 0 Å². The van der Waals surface area contributed by atoms with E-state index in [2.05, 4.69) is 32.8 Å². The Kier molecular flexibility index (Phi) is 7.52. The molecule has 0 saturated carbocycles. The molecular weight excluding hydrogens is 448 g/mol. The standard InChI is InChI=1S/C23H25BrN2O4/c1-2-3-4-5-10-30-21-9-6-15(11-20(21)27)13-25-14-19-18-12-16(24)7-8-17(18)22(28)26-23(19)29/h6-9,11-12,14,27H,2-5,10,13H2,1H3,(H2,26,28,29). The van der Waals surface area contributed by atoms with Gasteiger partial charge < -0.3 is 14.9 Å². The van der Waals surface area contributed by atoms with Gasteiger partial charge in [-0.2, -0.15) is 0 Å². The summed E-state index contributed by atoms with van der Waals surface area (Å²) < 4.78 is 6.43. The highest BCUT2D eigenvalue weighted by Gasteiger charge is 2.10. The molecule has 0 radical (unpaired) electrons. The molecule has 3 rings (SSSR count). The Morgan fingerprint density at radius 3 is 2.70 bits per heavy atom. The number of phenols is 1. The third-order valence-corrected chi connectivity index (χ3v) is 5.27. The molecular formula is C23H25BrN2O4. The first-order chi connectivity index (χ1) is 14.5. The number of unbranched alkanes of at least 4 members (excludes halogenated alkanes) is 3. The number of nitrogens with one attached hydrogen (secondary N) is 1. The van der Waals surface area contributed by atoms with Crippen molar-refractivity contribution >= 4 is 32.9 Å². The highest BCUT2D eigenvalue weighted by molar-refractivity contribution is 9.10. The number of nitrogens with zero attached hydrogens (tertiary/aromatic N) is 1. The van der Waals surface area contributed by atoms with Crippen LogP contribution in [0.3, 0.4) is 0 Å². The van der Waals surface area contributed by atoms with Crippen molar-refractivity contribution in [2.45, 2.75) is 39.2 Å². The predicted octanol–water partition coefficient (Wildman–Crippen LogP) is 5.28. The Hall–Kier alpha value is -2.80. The smallest absolute Gasteiger partial charge is 0.258 e. The van der Waals surface area contributed by atoms with Gasteiger partial charge in [-0.3, -0.25) is 14.8 Å². The fourth-order valence-corrected chi connectivity index (χ4v) is 3.54. The van der Waals surface area contributed by atoms with Crippen molar-refractivity contribution in [1.29, 1.82) is 0 Å². The lowest BCUT2D eigenvalue weighted by molar-refractivity contribution is 0.289. The van der Waals surface area contributed by atoms with Crippen LogP contribution in [0.4, 0.5) is 0 Å². The van der Waals surface area contributed by atoms with Crippen molar-refractivity contribution < 1.29 is 14.9 Å². The number of ether oxygens (including phenoxy) is 1. The maximum absolute atomic E-state index is 12.0. The normalized spacial score (nSPS) is 11.4. The highest BCUT2D eigenvalue weighted by atomic mass is 79.9. The van der Waals surface area contributed by atoms with Crippen molar-refractivity contribution in [3.63, 3.8) is 0 Å². The molecule has 30 heavy (non-hydrogen) atoms. The van der Waals surface area contributed by atoms with Crippen LogP contribution in [-0.4, -0.2) is 28.0 Å². The number of pyridine rings is 1. The Bertz CT molecular complexity index is 1110. The van der Waals surface area contributed by atoms with Crippen LogP contribution in [0.25, 0.3) is 10.8 Å².